The van der Waals surface area contributed by atoms with Crippen LogP contribution < -0.4 is 9.64 Å². The maximum absolute atomic E-state index is 10.0. The predicted octanol–water partition coefficient (Wildman–Crippen LogP) is 4.72. The van der Waals surface area contributed by atoms with Gasteiger partial charge < -0.3 is 14.7 Å². The van der Waals surface area contributed by atoms with Crippen molar-refractivity contribution < 1.29 is 9.84 Å². The van der Waals surface area contributed by atoms with Crippen LogP contribution in [0.5, 0.6) is 11.5 Å². The van der Waals surface area contributed by atoms with Crippen LogP contribution in [0.4, 0.5) is 5.69 Å². The maximum atomic E-state index is 10.0. The summed E-state index contributed by atoms with van der Waals surface area (Å²) < 4.78 is 7.95. The van der Waals surface area contributed by atoms with Crippen molar-refractivity contribution in [2.75, 3.05) is 19.1 Å². The Bertz CT molecular complexity index is 1040. The Balaban J connectivity index is 2.17. The normalized spacial score (nSPS) is 11.1. The van der Waals surface area contributed by atoms with Crippen LogP contribution in [0.2, 0.25) is 0 Å². The molecule has 0 aliphatic heterocycles. The van der Waals surface area contributed by atoms with Gasteiger partial charge in [0.2, 0.25) is 0 Å². The summed E-state index contributed by atoms with van der Waals surface area (Å²) in [7, 11) is 3.71. The van der Waals surface area contributed by atoms with Gasteiger partial charge >= 0.3 is 0 Å². The van der Waals surface area contributed by atoms with E-state index in [1.54, 1.807) is 13.2 Å². The zero-order valence-electron chi connectivity index (χ0n) is 16.9. The number of H-pyrrole nitrogens is 1. The number of aromatic amines is 1. The number of nitrogens with zero attached hydrogens (tertiary/aromatic N) is 3. The van der Waals surface area contributed by atoms with Crippen LogP contribution in [-0.4, -0.2) is 40.1 Å². The first kappa shape index (κ1) is 19.9. The Morgan fingerprint density at radius 3 is 2.64 bits per heavy atom. The summed E-state index contributed by atoms with van der Waals surface area (Å²) in [5, 5.41) is 17.3. The highest BCUT2D eigenvalue weighted by molar-refractivity contribution is 7.71. The first-order valence-electron chi connectivity index (χ1n) is 9.28. The summed E-state index contributed by atoms with van der Waals surface area (Å²) in [4.78, 5) is 2.15. The summed E-state index contributed by atoms with van der Waals surface area (Å²) in [6.45, 7) is 6.26. The van der Waals surface area contributed by atoms with Gasteiger partial charge in [-0.25, -0.2) is 0 Å². The summed E-state index contributed by atoms with van der Waals surface area (Å²) in [6.07, 6.45) is 0.733. The number of benzene rings is 2. The fourth-order valence-corrected chi connectivity index (χ4v) is 3.35. The quantitative estimate of drug-likeness (QED) is 0.588. The Labute approximate surface area is 170 Å². The van der Waals surface area contributed by atoms with Gasteiger partial charge in [0.15, 0.2) is 10.6 Å². The van der Waals surface area contributed by atoms with E-state index in [0.29, 0.717) is 16.6 Å². The smallest absolute Gasteiger partial charge is 0.200 e. The second kappa shape index (κ2) is 8.06. The molecular formula is C21H26N4O2S. The van der Waals surface area contributed by atoms with Gasteiger partial charge in [0.05, 0.1) is 18.5 Å². The molecule has 0 spiro atoms. The largest absolute Gasteiger partial charge is 0.508 e. The van der Waals surface area contributed by atoms with E-state index in [9.17, 15) is 5.11 Å². The van der Waals surface area contributed by atoms with Gasteiger partial charge in [-0.1, -0.05) is 6.92 Å². The van der Waals surface area contributed by atoms with Gasteiger partial charge in [-0.2, -0.15) is 5.10 Å². The summed E-state index contributed by atoms with van der Waals surface area (Å²) in [5.74, 6) is 1.79. The maximum Gasteiger partial charge on any atom is 0.200 e. The zero-order chi connectivity index (χ0) is 20.4. The monoisotopic (exact) mass is 398 g/mol. The van der Waals surface area contributed by atoms with Gasteiger partial charge in [0.1, 0.15) is 11.5 Å². The van der Waals surface area contributed by atoms with Crippen LogP contribution in [-0.2, 0) is 6.42 Å². The third-order valence-electron chi connectivity index (χ3n) is 4.97. The number of rotatable bonds is 6. The second-order valence-electron chi connectivity index (χ2n) is 6.95. The molecule has 0 fully saturated rings. The van der Waals surface area contributed by atoms with Gasteiger partial charge in [-0.15, -0.1) is 0 Å². The van der Waals surface area contributed by atoms with Crippen LogP contribution in [0.15, 0.2) is 36.4 Å². The van der Waals surface area contributed by atoms with Crippen LogP contribution in [0.3, 0.4) is 0 Å². The lowest BCUT2D eigenvalue weighted by Gasteiger charge is -2.26. The van der Waals surface area contributed by atoms with Crippen molar-refractivity contribution in [1.82, 2.24) is 14.8 Å². The van der Waals surface area contributed by atoms with E-state index in [-0.39, 0.29) is 5.75 Å². The molecule has 148 valence electrons. The van der Waals surface area contributed by atoms with E-state index in [0.717, 1.165) is 34.7 Å². The van der Waals surface area contributed by atoms with E-state index in [2.05, 4.69) is 35.0 Å². The number of aromatic nitrogens is 3. The van der Waals surface area contributed by atoms with E-state index in [1.165, 1.54) is 0 Å². The number of aromatic hydroxyl groups is 1. The third-order valence-corrected chi connectivity index (χ3v) is 5.24. The van der Waals surface area contributed by atoms with Crippen molar-refractivity contribution in [3.8, 4) is 28.6 Å². The molecule has 0 aliphatic carbocycles. The Kier molecular flexibility index (Phi) is 5.74. The van der Waals surface area contributed by atoms with E-state index >= 15 is 0 Å². The average Bonchev–Trinajstić information content (AvgIpc) is 3.08. The number of nitrogens with one attached hydrogen (secondary N) is 1. The molecule has 2 aromatic carbocycles. The zero-order valence-corrected chi connectivity index (χ0v) is 17.7. The van der Waals surface area contributed by atoms with Crippen molar-refractivity contribution in [2.24, 2.45) is 0 Å². The summed E-state index contributed by atoms with van der Waals surface area (Å²) in [6, 6.07) is 11.8. The molecule has 3 rings (SSSR count). The van der Waals surface area contributed by atoms with Gasteiger partial charge in [0, 0.05) is 18.7 Å². The minimum Gasteiger partial charge on any atom is -0.508 e. The van der Waals surface area contributed by atoms with Gasteiger partial charge in [-0.05, 0) is 74.4 Å². The van der Waals surface area contributed by atoms with Crippen LogP contribution in [0, 0.1) is 4.77 Å². The molecule has 0 saturated carbocycles. The Hall–Kier alpha value is -2.80. The predicted molar refractivity (Wildman–Crippen MR) is 115 cm³/mol. The highest BCUT2D eigenvalue weighted by Gasteiger charge is 2.17. The minimum absolute atomic E-state index is 0.289. The van der Waals surface area contributed by atoms with Crippen LogP contribution in [0.1, 0.15) is 26.3 Å². The molecule has 0 amide bonds. The summed E-state index contributed by atoms with van der Waals surface area (Å²) in [5.41, 5.74) is 3.62. The molecule has 3 aromatic rings. The number of hydrogen-bond donors (Lipinski definition) is 2. The molecule has 0 aliphatic rings. The molecule has 1 aromatic heterocycles. The Morgan fingerprint density at radius 2 is 2.00 bits per heavy atom. The minimum atomic E-state index is 0.289. The number of anilines is 1. The molecule has 6 nitrogen and oxygen atoms in total. The van der Waals surface area contributed by atoms with Crippen molar-refractivity contribution in [3.63, 3.8) is 0 Å². The van der Waals surface area contributed by atoms with Gasteiger partial charge in [-0.3, -0.25) is 9.67 Å². The summed E-state index contributed by atoms with van der Waals surface area (Å²) >= 11 is 5.51. The second-order valence-corrected chi connectivity index (χ2v) is 7.33. The molecule has 0 saturated heterocycles. The van der Waals surface area contributed by atoms with Crippen molar-refractivity contribution in [2.45, 2.75) is 33.2 Å². The van der Waals surface area contributed by atoms with Gasteiger partial charge in [0.25, 0.3) is 0 Å². The number of methoxy groups -OCH3 is 1. The lowest BCUT2D eigenvalue weighted by atomic mass is 10.1. The number of phenols is 1. The van der Waals surface area contributed by atoms with E-state index in [1.807, 2.05) is 42.8 Å². The fourth-order valence-electron chi connectivity index (χ4n) is 3.11. The van der Waals surface area contributed by atoms with Crippen LogP contribution >= 0.6 is 12.2 Å². The molecule has 0 bridgehead atoms. The molecule has 0 atom stereocenters. The molecule has 0 radical (unpaired) electrons. The standard InChI is InChI=1S/C21H26N4O2S/c1-6-14-11-15(7-9-18(14)26)20-22-23-21(28)25(20)16-8-10-19(27-5)17(12-16)24(4)13(2)3/h7-13,26H,6H2,1-5H3,(H,23,28). The van der Waals surface area contributed by atoms with Crippen molar-refractivity contribution in [1.29, 1.82) is 0 Å². The molecule has 1 heterocycles. The fraction of sp³-hybridized carbons (Fsp3) is 0.333. The highest BCUT2D eigenvalue weighted by atomic mass is 32.1. The topological polar surface area (TPSA) is 66.3 Å². The average molecular weight is 399 g/mol. The lowest BCUT2D eigenvalue weighted by Crippen LogP contribution is -2.26. The molecule has 2 N–H and O–H groups in total. The molecule has 28 heavy (non-hydrogen) atoms. The number of ether oxygens (including phenoxy) is 1. The van der Waals surface area contributed by atoms with Crippen molar-refractivity contribution >= 4 is 17.9 Å². The van der Waals surface area contributed by atoms with E-state index < -0.39 is 0 Å². The van der Waals surface area contributed by atoms with Crippen LogP contribution in [0.25, 0.3) is 17.1 Å². The molecule has 0 unspecified atom stereocenters. The van der Waals surface area contributed by atoms with E-state index in [4.69, 9.17) is 17.0 Å². The SMILES string of the molecule is CCc1cc(-c2n[nH]c(=S)n2-c2ccc(OC)c(N(C)C(C)C)c2)ccc1O. The molecular weight excluding hydrogens is 372 g/mol. The third kappa shape index (κ3) is 3.62. The highest BCUT2D eigenvalue weighted by Crippen LogP contribution is 2.33. The first-order valence-corrected chi connectivity index (χ1v) is 9.69. The number of aryl methyl sites for hydroxylation is 1. The van der Waals surface area contributed by atoms with Crippen molar-refractivity contribution in [3.05, 3.63) is 46.7 Å². The lowest BCUT2D eigenvalue weighted by molar-refractivity contribution is 0.414. The Morgan fingerprint density at radius 1 is 1.25 bits per heavy atom. The number of phenolic OH excluding ortho intramolecular Hbond substituents is 1. The molecule has 7 heteroatoms. The number of hydrogen-bond acceptors (Lipinski definition) is 5. The first-order chi connectivity index (χ1) is 13.4.